The fourth-order valence-electron chi connectivity index (χ4n) is 3.23. The second-order valence-corrected chi connectivity index (χ2v) is 6.53. The first kappa shape index (κ1) is 21.3. The van der Waals surface area contributed by atoms with E-state index >= 15 is 0 Å². The average molecular weight is 395 g/mol. The summed E-state index contributed by atoms with van der Waals surface area (Å²) in [5.74, 6) is 0.678. The molecule has 2 N–H and O–H groups in total. The summed E-state index contributed by atoms with van der Waals surface area (Å²) in [6, 6.07) is 5.13. The fraction of sp³-hybridized carbons (Fsp3) is 0.526. The first-order valence-electron chi connectivity index (χ1n) is 9.22. The normalized spacial score (nSPS) is 13.5. The Morgan fingerprint density at radius 3 is 2.89 bits per heavy atom. The van der Waals surface area contributed by atoms with Crippen molar-refractivity contribution in [2.24, 2.45) is 0 Å². The minimum absolute atomic E-state index is 0. The molecule has 2 aromatic rings. The van der Waals surface area contributed by atoms with E-state index in [1.54, 1.807) is 29.9 Å². The summed E-state index contributed by atoms with van der Waals surface area (Å²) in [6.45, 7) is 3.33. The number of rotatable bonds is 7. The smallest absolute Gasteiger partial charge is 0.261 e. The minimum atomic E-state index is -0.155. The van der Waals surface area contributed by atoms with Gasteiger partial charge in [0, 0.05) is 45.3 Å². The molecule has 0 radical (unpaired) electrons. The van der Waals surface area contributed by atoms with E-state index in [2.05, 4.69) is 15.6 Å². The van der Waals surface area contributed by atoms with E-state index in [9.17, 15) is 9.59 Å². The Morgan fingerprint density at radius 2 is 2.07 bits per heavy atom. The van der Waals surface area contributed by atoms with E-state index in [1.807, 2.05) is 0 Å². The molecule has 0 bridgehead atoms. The van der Waals surface area contributed by atoms with E-state index in [1.165, 1.54) is 0 Å². The molecule has 1 aromatic heterocycles. The van der Waals surface area contributed by atoms with E-state index in [0.717, 1.165) is 44.6 Å². The third-order valence-corrected chi connectivity index (χ3v) is 4.65. The van der Waals surface area contributed by atoms with Crippen LogP contribution in [0.25, 0.3) is 10.9 Å². The average Bonchev–Trinajstić information content (AvgIpc) is 2.90. The molecule has 1 aliphatic heterocycles. The highest BCUT2D eigenvalue weighted by Gasteiger charge is 2.15. The molecule has 0 spiro atoms. The fourth-order valence-corrected chi connectivity index (χ4v) is 3.23. The van der Waals surface area contributed by atoms with Gasteiger partial charge in [0.2, 0.25) is 0 Å². The number of amides is 1. The number of fused-ring (bicyclic) bond motifs is 2. The molecule has 3 rings (SSSR count). The minimum Gasteiger partial charge on any atom is -0.383 e. The SMILES string of the molecule is COCCNCCNC(=O)c1ccc2c(=O)n3c(nc2c1)CCCCC3.Cl. The van der Waals surface area contributed by atoms with E-state index < -0.39 is 0 Å². The van der Waals surface area contributed by atoms with E-state index in [-0.39, 0.29) is 23.9 Å². The molecule has 0 fully saturated rings. The molecule has 148 valence electrons. The van der Waals surface area contributed by atoms with Crippen molar-refractivity contribution in [1.29, 1.82) is 0 Å². The Bertz CT molecular complexity index is 838. The molecule has 7 nitrogen and oxygen atoms in total. The van der Waals surface area contributed by atoms with Gasteiger partial charge >= 0.3 is 0 Å². The van der Waals surface area contributed by atoms with Crippen LogP contribution in [0.1, 0.15) is 35.4 Å². The highest BCUT2D eigenvalue weighted by molar-refractivity contribution is 5.97. The van der Waals surface area contributed by atoms with Crippen molar-refractivity contribution in [3.05, 3.63) is 39.9 Å². The van der Waals surface area contributed by atoms with Crippen molar-refractivity contribution >= 4 is 29.2 Å². The number of hydrogen-bond donors (Lipinski definition) is 2. The number of carbonyl (C=O) groups is 1. The van der Waals surface area contributed by atoms with Crippen molar-refractivity contribution in [3.8, 4) is 0 Å². The van der Waals surface area contributed by atoms with Gasteiger partial charge in [-0.25, -0.2) is 4.98 Å². The molecular formula is C19H27ClN4O3. The van der Waals surface area contributed by atoms with Crippen LogP contribution >= 0.6 is 12.4 Å². The Labute approximate surface area is 164 Å². The Balaban J connectivity index is 0.00000261. The quantitative estimate of drug-likeness (QED) is 0.695. The van der Waals surface area contributed by atoms with Crippen LogP contribution in [0.2, 0.25) is 0 Å². The number of ether oxygens (including phenoxy) is 1. The summed E-state index contributed by atoms with van der Waals surface area (Å²) in [6.07, 6.45) is 3.99. The second-order valence-electron chi connectivity index (χ2n) is 6.53. The van der Waals surface area contributed by atoms with Crippen molar-refractivity contribution in [2.45, 2.75) is 32.2 Å². The predicted molar refractivity (Wildman–Crippen MR) is 108 cm³/mol. The highest BCUT2D eigenvalue weighted by atomic mass is 35.5. The Hall–Kier alpha value is -1.96. The summed E-state index contributed by atoms with van der Waals surface area (Å²) < 4.78 is 6.75. The van der Waals surface area contributed by atoms with Gasteiger partial charge in [-0.05, 0) is 31.0 Å². The largest absolute Gasteiger partial charge is 0.383 e. The number of aryl methyl sites for hydroxylation is 1. The molecule has 0 saturated heterocycles. The molecule has 0 atom stereocenters. The van der Waals surface area contributed by atoms with Crippen molar-refractivity contribution in [3.63, 3.8) is 0 Å². The Morgan fingerprint density at radius 1 is 1.22 bits per heavy atom. The van der Waals surface area contributed by atoms with Crippen molar-refractivity contribution in [2.75, 3.05) is 33.4 Å². The number of methoxy groups -OCH3 is 1. The number of nitrogens with one attached hydrogen (secondary N) is 2. The predicted octanol–water partition coefficient (Wildman–Crippen LogP) is 1.51. The van der Waals surface area contributed by atoms with Crippen LogP contribution in [-0.4, -0.2) is 48.8 Å². The third kappa shape index (κ3) is 5.28. The van der Waals surface area contributed by atoms with Gasteiger partial charge in [-0.15, -0.1) is 12.4 Å². The zero-order valence-corrected chi connectivity index (χ0v) is 16.4. The molecular weight excluding hydrogens is 368 g/mol. The van der Waals surface area contributed by atoms with Crippen LogP contribution in [0.5, 0.6) is 0 Å². The number of nitrogens with zero attached hydrogens (tertiary/aromatic N) is 2. The monoisotopic (exact) mass is 394 g/mol. The summed E-state index contributed by atoms with van der Waals surface area (Å²) in [5, 5.41) is 6.63. The lowest BCUT2D eigenvalue weighted by Crippen LogP contribution is -2.33. The summed E-state index contributed by atoms with van der Waals surface area (Å²) >= 11 is 0. The standard InChI is InChI=1S/C19H26N4O3.ClH/c1-26-12-10-20-8-9-21-18(24)14-6-7-15-16(13-14)22-17-5-3-2-4-11-23(17)19(15)25;/h6-7,13,20H,2-5,8-12H2,1H3,(H,21,24);1H. The van der Waals surface area contributed by atoms with E-state index in [4.69, 9.17) is 4.74 Å². The molecule has 27 heavy (non-hydrogen) atoms. The van der Waals surface area contributed by atoms with Gasteiger partial charge in [0.25, 0.3) is 11.5 Å². The zero-order valence-electron chi connectivity index (χ0n) is 15.6. The third-order valence-electron chi connectivity index (χ3n) is 4.65. The molecule has 8 heteroatoms. The first-order valence-corrected chi connectivity index (χ1v) is 9.22. The van der Waals surface area contributed by atoms with Gasteiger partial charge < -0.3 is 15.4 Å². The van der Waals surface area contributed by atoms with Crippen molar-refractivity contribution < 1.29 is 9.53 Å². The van der Waals surface area contributed by atoms with Crippen LogP contribution in [0, 0.1) is 0 Å². The molecule has 2 heterocycles. The second kappa shape index (κ2) is 10.4. The number of hydrogen-bond acceptors (Lipinski definition) is 5. The Kier molecular flexibility index (Phi) is 8.22. The maximum absolute atomic E-state index is 12.7. The number of halogens is 1. The lowest BCUT2D eigenvalue weighted by atomic mass is 10.1. The lowest BCUT2D eigenvalue weighted by Gasteiger charge is -2.11. The van der Waals surface area contributed by atoms with Gasteiger partial charge in [0.1, 0.15) is 5.82 Å². The van der Waals surface area contributed by atoms with Crippen LogP contribution in [-0.2, 0) is 17.7 Å². The van der Waals surface area contributed by atoms with Gasteiger partial charge in [-0.2, -0.15) is 0 Å². The summed E-state index contributed by atoms with van der Waals surface area (Å²) in [5.41, 5.74) is 1.13. The maximum Gasteiger partial charge on any atom is 0.261 e. The van der Waals surface area contributed by atoms with Gasteiger partial charge in [0.05, 0.1) is 17.5 Å². The topological polar surface area (TPSA) is 85.3 Å². The summed E-state index contributed by atoms with van der Waals surface area (Å²) in [4.78, 5) is 29.7. The maximum atomic E-state index is 12.7. The highest BCUT2D eigenvalue weighted by Crippen LogP contribution is 2.16. The molecule has 1 aromatic carbocycles. The van der Waals surface area contributed by atoms with Crippen molar-refractivity contribution in [1.82, 2.24) is 20.2 Å². The van der Waals surface area contributed by atoms with Crippen LogP contribution in [0.15, 0.2) is 23.0 Å². The molecule has 0 unspecified atom stereocenters. The number of aromatic nitrogens is 2. The number of benzene rings is 1. The lowest BCUT2D eigenvalue weighted by molar-refractivity contribution is 0.0954. The molecule has 0 saturated carbocycles. The zero-order chi connectivity index (χ0) is 18.4. The van der Waals surface area contributed by atoms with Crippen LogP contribution in [0.4, 0.5) is 0 Å². The molecule has 0 aliphatic carbocycles. The molecule has 1 amide bonds. The van der Waals surface area contributed by atoms with E-state index in [0.29, 0.717) is 36.2 Å². The first-order chi connectivity index (χ1) is 12.7. The van der Waals surface area contributed by atoms with Gasteiger partial charge in [-0.3, -0.25) is 14.2 Å². The van der Waals surface area contributed by atoms with Gasteiger partial charge in [-0.1, -0.05) is 6.42 Å². The number of carbonyl (C=O) groups excluding carboxylic acids is 1. The summed E-state index contributed by atoms with van der Waals surface area (Å²) in [7, 11) is 1.65. The van der Waals surface area contributed by atoms with Crippen LogP contribution in [0.3, 0.4) is 0 Å². The molecule has 1 aliphatic rings. The van der Waals surface area contributed by atoms with Crippen LogP contribution < -0.4 is 16.2 Å². The van der Waals surface area contributed by atoms with Gasteiger partial charge in [0.15, 0.2) is 0 Å².